The number of carbonyl (C=O) groups excluding carboxylic acids is 1. The summed E-state index contributed by atoms with van der Waals surface area (Å²) >= 11 is 0. The summed E-state index contributed by atoms with van der Waals surface area (Å²) in [7, 11) is 3.20. The highest BCUT2D eigenvalue weighted by Gasteiger charge is 2.35. The van der Waals surface area contributed by atoms with Gasteiger partial charge in [-0.2, -0.15) is 5.10 Å². The van der Waals surface area contributed by atoms with Gasteiger partial charge in [-0.1, -0.05) is 29.8 Å². The minimum atomic E-state index is -0.267. The summed E-state index contributed by atoms with van der Waals surface area (Å²) in [5, 5.41) is 6.19. The van der Waals surface area contributed by atoms with E-state index in [2.05, 4.69) is 11.2 Å². The molecule has 0 fully saturated rings. The third-order valence-corrected chi connectivity index (χ3v) is 4.99. The molecule has 1 aliphatic rings. The Morgan fingerprint density at radius 3 is 2.59 bits per heavy atom. The number of benzene rings is 2. The van der Waals surface area contributed by atoms with E-state index in [9.17, 15) is 4.79 Å². The van der Waals surface area contributed by atoms with Crippen LogP contribution in [0.25, 0.3) is 0 Å². The molecule has 1 atom stereocenters. The van der Waals surface area contributed by atoms with Crippen molar-refractivity contribution in [3.63, 3.8) is 0 Å². The van der Waals surface area contributed by atoms with Crippen LogP contribution in [0.5, 0.6) is 11.5 Å². The van der Waals surface area contributed by atoms with Gasteiger partial charge in [-0.05, 0) is 42.8 Å². The van der Waals surface area contributed by atoms with Gasteiger partial charge in [-0.15, -0.1) is 0 Å². The molecular formula is C23H22N2O4. The van der Waals surface area contributed by atoms with Crippen LogP contribution in [0.15, 0.2) is 70.4 Å². The van der Waals surface area contributed by atoms with Crippen LogP contribution in [0.4, 0.5) is 0 Å². The average Bonchev–Trinajstić information content (AvgIpc) is 3.43. The maximum Gasteiger partial charge on any atom is 0.310 e. The Hall–Kier alpha value is -3.54. The smallest absolute Gasteiger partial charge is 0.310 e. The molecule has 0 aliphatic carbocycles. The van der Waals surface area contributed by atoms with Crippen LogP contribution in [0.3, 0.4) is 0 Å². The molecule has 0 bridgehead atoms. The molecule has 1 unspecified atom stereocenters. The molecule has 0 N–H and O–H groups in total. The summed E-state index contributed by atoms with van der Waals surface area (Å²) < 4.78 is 16.1. The molecule has 1 amide bonds. The molecule has 29 heavy (non-hydrogen) atoms. The van der Waals surface area contributed by atoms with Crippen molar-refractivity contribution in [2.24, 2.45) is 5.10 Å². The van der Waals surface area contributed by atoms with Crippen LogP contribution in [0.2, 0.25) is 0 Å². The number of ether oxygens (including phenoxy) is 2. The van der Waals surface area contributed by atoms with Crippen molar-refractivity contribution < 1.29 is 18.7 Å². The van der Waals surface area contributed by atoms with Crippen molar-refractivity contribution in [2.45, 2.75) is 19.4 Å². The SMILES string of the molecule is COc1ccc(C2=NN(C(=O)c3ccco3)C(c3cccc(C)c3)C2)cc1OC. The number of hydrogen-bond acceptors (Lipinski definition) is 5. The van der Waals surface area contributed by atoms with Crippen LogP contribution >= 0.6 is 0 Å². The predicted octanol–water partition coefficient (Wildman–Crippen LogP) is 4.60. The highest BCUT2D eigenvalue weighted by Crippen LogP contribution is 2.36. The van der Waals surface area contributed by atoms with Gasteiger partial charge in [0.05, 0.1) is 32.2 Å². The molecule has 6 nitrogen and oxygen atoms in total. The van der Waals surface area contributed by atoms with Crippen molar-refractivity contribution in [2.75, 3.05) is 14.2 Å². The quantitative estimate of drug-likeness (QED) is 0.639. The highest BCUT2D eigenvalue weighted by molar-refractivity contribution is 6.05. The van der Waals surface area contributed by atoms with Crippen molar-refractivity contribution in [3.8, 4) is 11.5 Å². The number of furan rings is 1. The van der Waals surface area contributed by atoms with E-state index in [1.54, 1.807) is 26.4 Å². The van der Waals surface area contributed by atoms with Gasteiger partial charge in [0.25, 0.3) is 0 Å². The number of carbonyl (C=O) groups is 1. The molecule has 0 saturated carbocycles. The van der Waals surface area contributed by atoms with Gasteiger partial charge in [0.1, 0.15) is 0 Å². The zero-order chi connectivity index (χ0) is 20.4. The van der Waals surface area contributed by atoms with E-state index in [4.69, 9.17) is 13.9 Å². The topological polar surface area (TPSA) is 64.3 Å². The van der Waals surface area contributed by atoms with E-state index in [-0.39, 0.29) is 17.7 Å². The molecule has 148 valence electrons. The molecule has 0 spiro atoms. The molecule has 2 heterocycles. The second kappa shape index (κ2) is 7.83. The Morgan fingerprint density at radius 2 is 1.90 bits per heavy atom. The van der Waals surface area contributed by atoms with Gasteiger partial charge in [0.2, 0.25) is 0 Å². The fraction of sp³-hybridized carbons (Fsp3) is 0.217. The summed E-state index contributed by atoms with van der Waals surface area (Å²) in [4.78, 5) is 13.1. The average molecular weight is 390 g/mol. The minimum Gasteiger partial charge on any atom is -0.493 e. The molecular weight excluding hydrogens is 368 g/mol. The zero-order valence-electron chi connectivity index (χ0n) is 16.6. The number of aryl methyl sites for hydroxylation is 1. The number of nitrogens with zero attached hydrogens (tertiary/aromatic N) is 2. The van der Waals surface area contributed by atoms with Crippen molar-refractivity contribution in [1.82, 2.24) is 5.01 Å². The van der Waals surface area contributed by atoms with E-state index in [0.29, 0.717) is 17.9 Å². The third-order valence-electron chi connectivity index (χ3n) is 4.99. The summed E-state index contributed by atoms with van der Waals surface area (Å²) in [6, 6.07) is 16.9. The summed E-state index contributed by atoms with van der Waals surface area (Å²) in [5.41, 5.74) is 3.85. The van der Waals surface area contributed by atoms with Crippen molar-refractivity contribution in [1.29, 1.82) is 0 Å². The minimum absolute atomic E-state index is 0.212. The largest absolute Gasteiger partial charge is 0.493 e. The Kier molecular flexibility index (Phi) is 5.08. The molecule has 0 radical (unpaired) electrons. The molecule has 4 rings (SSSR count). The van der Waals surface area contributed by atoms with Gasteiger partial charge in [0.15, 0.2) is 17.3 Å². The lowest BCUT2D eigenvalue weighted by Gasteiger charge is -2.21. The van der Waals surface area contributed by atoms with Crippen LogP contribution in [-0.4, -0.2) is 30.8 Å². The fourth-order valence-electron chi connectivity index (χ4n) is 3.54. The summed E-state index contributed by atoms with van der Waals surface area (Å²) in [6.45, 7) is 2.03. The van der Waals surface area contributed by atoms with Crippen LogP contribution in [0, 0.1) is 6.92 Å². The number of hydrazone groups is 1. The monoisotopic (exact) mass is 390 g/mol. The third kappa shape index (κ3) is 3.61. The molecule has 6 heteroatoms. The highest BCUT2D eigenvalue weighted by atomic mass is 16.5. The number of hydrogen-bond donors (Lipinski definition) is 0. The van der Waals surface area contributed by atoms with E-state index < -0.39 is 0 Å². The maximum absolute atomic E-state index is 13.1. The lowest BCUT2D eigenvalue weighted by molar-refractivity contribution is 0.0678. The van der Waals surface area contributed by atoms with Crippen molar-refractivity contribution in [3.05, 3.63) is 83.3 Å². The fourth-order valence-corrected chi connectivity index (χ4v) is 3.54. The van der Waals surface area contributed by atoms with Gasteiger partial charge in [-0.3, -0.25) is 4.79 Å². The van der Waals surface area contributed by atoms with E-state index in [1.165, 1.54) is 11.3 Å². The standard InChI is InChI=1S/C23H22N2O4/c1-15-6-4-7-17(12-15)19-14-18(16-9-10-20(27-2)22(13-16)28-3)24-25(19)23(26)21-8-5-11-29-21/h4-13,19H,14H2,1-3H3. The van der Waals surface area contributed by atoms with Crippen molar-refractivity contribution >= 4 is 11.6 Å². The molecule has 0 saturated heterocycles. The Balaban J connectivity index is 1.74. The first kappa shape index (κ1) is 18.8. The van der Waals surface area contributed by atoms with E-state index in [1.807, 2.05) is 43.3 Å². The first-order valence-electron chi connectivity index (χ1n) is 9.34. The first-order chi connectivity index (χ1) is 14.1. The van der Waals surface area contributed by atoms with Gasteiger partial charge < -0.3 is 13.9 Å². The first-order valence-corrected chi connectivity index (χ1v) is 9.34. The summed E-state index contributed by atoms with van der Waals surface area (Å²) in [6.07, 6.45) is 2.08. The van der Waals surface area contributed by atoms with E-state index >= 15 is 0 Å². The lowest BCUT2D eigenvalue weighted by atomic mass is 9.97. The molecule has 1 aliphatic heterocycles. The molecule has 2 aromatic carbocycles. The molecule has 1 aromatic heterocycles. The van der Waals surface area contributed by atoms with Crippen LogP contribution < -0.4 is 9.47 Å². The second-order valence-electron chi connectivity index (χ2n) is 6.88. The summed E-state index contributed by atoms with van der Waals surface area (Å²) in [5.74, 6) is 1.26. The number of rotatable bonds is 5. The zero-order valence-corrected chi connectivity index (χ0v) is 16.6. The normalized spacial score (nSPS) is 15.9. The van der Waals surface area contributed by atoms with Crippen LogP contribution in [-0.2, 0) is 0 Å². The van der Waals surface area contributed by atoms with E-state index in [0.717, 1.165) is 22.4 Å². The predicted molar refractivity (Wildman–Crippen MR) is 109 cm³/mol. The Morgan fingerprint density at radius 1 is 1.07 bits per heavy atom. The Labute approximate surface area is 169 Å². The maximum atomic E-state index is 13.1. The lowest BCUT2D eigenvalue weighted by Crippen LogP contribution is -2.26. The molecule has 3 aromatic rings. The number of amides is 1. The number of methoxy groups -OCH3 is 2. The van der Waals surface area contributed by atoms with Crippen LogP contribution in [0.1, 0.15) is 39.7 Å². The second-order valence-corrected chi connectivity index (χ2v) is 6.88. The van der Waals surface area contributed by atoms with Gasteiger partial charge >= 0.3 is 5.91 Å². The Bertz CT molecular complexity index is 1060. The van der Waals surface area contributed by atoms with Gasteiger partial charge in [0, 0.05) is 12.0 Å². The van der Waals surface area contributed by atoms with Gasteiger partial charge in [-0.25, -0.2) is 5.01 Å².